The van der Waals surface area contributed by atoms with Gasteiger partial charge in [0.25, 0.3) is 0 Å². The number of piperazine rings is 1. The number of aromatic nitrogens is 2. The molecule has 6 nitrogen and oxygen atoms in total. The Morgan fingerprint density at radius 2 is 1.52 bits per heavy atom. The molecule has 2 aliphatic rings. The maximum Gasteiger partial charge on any atom is 0.397 e. The van der Waals surface area contributed by atoms with E-state index >= 15 is 0 Å². The van der Waals surface area contributed by atoms with Gasteiger partial charge in [-0.1, -0.05) is 0 Å². The van der Waals surface area contributed by atoms with Crippen LogP contribution in [-0.4, -0.2) is 66.2 Å². The third-order valence-corrected chi connectivity index (χ3v) is 4.55. The third-order valence-electron chi connectivity index (χ3n) is 4.55. The third kappa shape index (κ3) is 4.52. The minimum absolute atomic E-state index is 0.275. The molecule has 25 heavy (non-hydrogen) atoms. The van der Waals surface area contributed by atoms with Crippen molar-refractivity contribution in [3.8, 4) is 0 Å². The molecule has 0 aromatic carbocycles. The van der Waals surface area contributed by atoms with E-state index in [-0.39, 0.29) is 13.1 Å². The van der Waals surface area contributed by atoms with Crippen molar-refractivity contribution in [2.24, 2.45) is 0 Å². The summed E-state index contributed by atoms with van der Waals surface area (Å²) in [5.41, 5.74) is 0. The van der Waals surface area contributed by atoms with Crippen LogP contribution in [0.3, 0.4) is 0 Å². The van der Waals surface area contributed by atoms with E-state index in [4.69, 9.17) is 0 Å². The zero-order valence-corrected chi connectivity index (χ0v) is 14.2. The van der Waals surface area contributed by atoms with Crippen molar-refractivity contribution in [2.75, 3.05) is 49.1 Å². The molecule has 2 saturated heterocycles. The predicted molar refractivity (Wildman–Crippen MR) is 87.7 cm³/mol. The van der Waals surface area contributed by atoms with Crippen molar-refractivity contribution < 1.29 is 18.0 Å². The summed E-state index contributed by atoms with van der Waals surface area (Å²) in [6.45, 7) is 5.30. The number of amides is 1. The number of rotatable bonds is 3. The van der Waals surface area contributed by atoms with Crippen molar-refractivity contribution >= 4 is 17.5 Å². The van der Waals surface area contributed by atoms with Gasteiger partial charge in [0.15, 0.2) is 0 Å². The van der Waals surface area contributed by atoms with E-state index in [0.717, 1.165) is 37.6 Å². The summed E-state index contributed by atoms with van der Waals surface area (Å²) in [6.07, 6.45) is -3.54. The number of aryl methyl sites for hydroxylation is 1. The molecule has 0 spiro atoms. The highest BCUT2D eigenvalue weighted by molar-refractivity contribution is 5.77. The number of carbonyl (C=O) groups is 1. The van der Waals surface area contributed by atoms with Crippen molar-refractivity contribution in [3.63, 3.8) is 0 Å². The van der Waals surface area contributed by atoms with Gasteiger partial charge in [0, 0.05) is 45.3 Å². The van der Waals surface area contributed by atoms with Crippen LogP contribution >= 0.6 is 0 Å². The Morgan fingerprint density at radius 3 is 2.04 bits per heavy atom. The molecule has 9 heteroatoms. The molecule has 0 radical (unpaired) electrons. The fourth-order valence-corrected chi connectivity index (χ4v) is 3.28. The highest BCUT2D eigenvalue weighted by atomic mass is 19.4. The normalized spacial score (nSPS) is 18.8. The summed E-state index contributed by atoms with van der Waals surface area (Å²) in [5.74, 6) is 1.49. The Balaban J connectivity index is 1.64. The number of carbonyl (C=O) groups excluding carboxylic acids is 1. The van der Waals surface area contributed by atoms with Gasteiger partial charge < -0.3 is 14.7 Å². The van der Waals surface area contributed by atoms with E-state index in [2.05, 4.69) is 14.9 Å². The zero-order chi connectivity index (χ0) is 18.0. The Hall–Kier alpha value is -2.06. The van der Waals surface area contributed by atoms with Crippen LogP contribution in [0.4, 0.5) is 24.8 Å². The largest absolute Gasteiger partial charge is 0.397 e. The van der Waals surface area contributed by atoms with Crippen LogP contribution in [0.1, 0.15) is 25.1 Å². The van der Waals surface area contributed by atoms with E-state index in [0.29, 0.717) is 18.9 Å². The maximum absolute atomic E-state index is 12.4. The first-order chi connectivity index (χ1) is 11.8. The van der Waals surface area contributed by atoms with Crippen LogP contribution < -0.4 is 9.80 Å². The predicted octanol–water partition coefficient (Wildman–Crippen LogP) is 1.99. The lowest BCUT2D eigenvalue weighted by Crippen LogP contribution is -2.49. The molecule has 2 fully saturated rings. The molecule has 138 valence electrons. The molecule has 0 bridgehead atoms. The standard InChI is InChI=1S/C16H22F3N5O/c1-12-20-13(22-4-2-3-5-22)10-14(21-12)23-6-8-24(9-7-23)15(25)11-16(17,18)19/h10H,2-9,11H2,1H3. The average molecular weight is 357 g/mol. The molecule has 2 aliphatic heterocycles. The minimum atomic E-state index is -4.46. The van der Waals surface area contributed by atoms with Crippen LogP contribution in [0, 0.1) is 6.92 Å². The van der Waals surface area contributed by atoms with Gasteiger partial charge in [0.2, 0.25) is 5.91 Å². The molecule has 0 N–H and O–H groups in total. The van der Waals surface area contributed by atoms with E-state index in [9.17, 15) is 18.0 Å². The second-order valence-corrected chi connectivity index (χ2v) is 6.49. The quantitative estimate of drug-likeness (QED) is 0.828. The van der Waals surface area contributed by atoms with Gasteiger partial charge >= 0.3 is 6.18 Å². The first kappa shape index (κ1) is 17.8. The lowest BCUT2D eigenvalue weighted by molar-refractivity contribution is -0.161. The first-order valence-electron chi connectivity index (χ1n) is 8.52. The highest BCUT2D eigenvalue weighted by Crippen LogP contribution is 2.24. The monoisotopic (exact) mass is 357 g/mol. The lowest BCUT2D eigenvalue weighted by Gasteiger charge is -2.36. The van der Waals surface area contributed by atoms with Crippen LogP contribution in [0.15, 0.2) is 6.07 Å². The van der Waals surface area contributed by atoms with Gasteiger partial charge in [0.05, 0.1) is 0 Å². The van der Waals surface area contributed by atoms with Crippen molar-refractivity contribution in [2.45, 2.75) is 32.4 Å². The molecule has 3 rings (SSSR count). The Kier molecular flexibility index (Phi) is 5.01. The summed E-state index contributed by atoms with van der Waals surface area (Å²) >= 11 is 0. The number of hydrogen-bond acceptors (Lipinski definition) is 5. The van der Waals surface area contributed by atoms with E-state index in [1.54, 1.807) is 0 Å². The fraction of sp³-hybridized carbons (Fsp3) is 0.688. The molecule has 0 saturated carbocycles. The topological polar surface area (TPSA) is 52.6 Å². The van der Waals surface area contributed by atoms with Crippen molar-refractivity contribution in [3.05, 3.63) is 11.9 Å². The summed E-state index contributed by atoms with van der Waals surface area (Å²) in [4.78, 5) is 26.2. The van der Waals surface area contributed by atoms with Crippen LogP contribution in [0.25, 0.3) is 0 Å². The molecule has 0 unspecified atom stereocenters. The number of hydrogen-bond donors (Lipinski definition) is 0. The second-order valence-electron chi connectivity index (χ2n) is 6.49. The van der Waals surface area contributed by atoms with Crippen LogP contribution in [0.5, 0.6) is 0 Å². The lowest BCUT2D eigenvalue weighted by atomic mass is 10.2. The summed E-state index contributed by atoms with van der Waals surface area (Å²) in [7, 11) is 0. The first-order valence-corrected chi connectivity index (χ1v) is 8.52. The Morgan fingerprint density at radius 1 is 1.00 bits per heavy atom. The summed E-state index contributed by atoms with van der Waals surface area (Å²) in [6, 6.07) is 1.94. The van der Waals surface area contributed by atoms with E-state index in [1.165, 1.54) is 4.90 Å². The molecule has 1 aromatic rings. The molecule has 1 aromatic heterocycles. The smallest absolute Gasteiger partial charge is 0.356 e. The van der Waals surface area contributed by atoms with Gasteiger partial charge in [-0.25, -0.2) is 9.97 Å². The molecule has 3 heterocycles. The van der Waals surface area contributed by atoms with E-state index < -0.39 is 18.5 Å². The van der Waals surface area contributed by atoms with E-state index in [1.807, 2.05) is 17.9 Å². The fourth-order valence-electron chi connectivity index (χ4n) is 3.28. The minimum Gasteiger partial charge on any atom is -0.356 e. The van der Waals surface area contributed by atoms with Crippen molar-refractivity contribution in [1.82, 2.24) is 14.9 Å². The Bertz CT molecular complexity index is 623. The molecular weight excluding hydrogens is 335 g/mol. The number of halogens is 3. The summed E-state index contributed by atoms with van der Waals surface area (Å²) < 4.78 is 37.1. The number of nitrogens with zero attached hydrogens (tertiary/aromatic N) is 5. The van der Waals surface area contributed by atoms with Crippen molar-refractivity contribution in [1.29, 1.82) is 0 Å². The SMILES string of the molecule is Cc1nc(N2CCCC2)cc(N2CCN(C(=O)CC(F)(F)F)CC2)n1. The van der Waals surface area contributed by atoms with Gasteiger partial charge in [-0.2, -0.15) is 13.2 Å². The molecule has 0 aliphatic carbocycles. The molecule has 0 atom stereocenters. The van der Waals surface area contributed by atoms with Crippen LogP contribution in [-0.2, 0) is 4.79 Å². The number of anilines is 2. The van der Waals surface area contributed by atoms with Crippen LogP contribution in [0.2, 0.25) is 0 Å². The maximum atomic E-state index is 12.4. The molecular formula is C16H22F3N5O. The molecule has 1 amide bonds. The van der Waals surface area contributed by atoms with Gasteiger partial charge in [-0.3, -0.25) is 4.79 Å². The second kappa shape index (κ2) is 7.05. The summed E-state index contributed by atoms with van der Waals surface area (Å²) in [5, 5.41) is 0. The Labute approximate surface area is 144 Å². The van der Waals surface area contributed by atoms with Gasteiger partial charge in [0.1, 0.15) is 23.9 Å². The zero-order valence-electron chi connectivity index (χ0n) is 14.2. The van der Waals surface area contributed by atoms with Gasteiger partial charge in [-0.15, -0.1) is 0 Å². The highest BCUT2D eigenvalue weighted by Gasteiger charge is 2.34. The van der Waals surface area contributed by atoms with Gasteiger partial charge in [-0.05, 0) is 19.8 Å². The number of alkyl halides is 3. The average Bonchev–Trinajstić information content (AvgIpc) is 3.07.